The molecule has 4 nitrogen and oxygen atoms in total. The highest BCUT2D eigenvalue weighted by Gasteiger charge is 2.39. The number of nitrogens with zero attached hydrogens (tertiary/aromatic N) is 1. The maximum Gasteiger partial charge on any atom is 0.410 e. The average molecular weight is 227 g/mol. The first-order valence-corrected chi connectivity index (χ1v) is 6.05. The summed E-state index contributed by atoms with van der Waals surface area (Å²) in [7, 11) is 0. The molecule has 0 unspecified atom stereocenters. The molecule has 2 heterocycles. The standard InChI is InChI=1S/C12H21NO3/c1-12(2,3)16-11(14)13-6-4-5-9-7-15-8-10(9)13/h9-10H,4-8H2,1-3H3/t9-,10-/m1/s1. The third-order valence-corrected chi connectivity index (χ3v) is 3.17. The lowest BCUT2D eigenvalue weighted by Crippen LogP contribution is -2.49. The maximum absolute atomic E-state index is 12.0. The summed E-state index contributed by atoms with van der Waals surface area (Å²) in [4.78, 5) is 13.9. The zero-order valence-electron chi connectivity index (χ0n) is 10.4. The van der Waals surface area contributed by atoms with Crippen molar-refractivity contribution in [3.63, 3.8) is 0 Å². The lowest BCUT2D eigenvalue weighted by atomic mass is 9.92. The number of likely N-dealkylation sites (tertiary alicyclic amines) is 1. The van der Waals surface area contributed by atoms with Gasteiger partial charge in [-0.3, -0.25) is 0 Å². The molecule has 2 fully saturated rings. The Morgan fingerprint density at radius 1 is 1.38 bits per heavy atom. The van der Waals surface area contributed by atoms with Crippen LogP contribution in [-0.2, 0) is 9.47 Å². The molecule has 2 atom stereocenters. The number of rotatable bonds is 0. The number of hydrogen-bond donors (Lipinski definition) is 0. The molecule has 2 aliphatic heterocycles. The third kappa shape index (κ3) is 2.48. The van der Waals surface area contributed by atoms with Crippen LogP contribution in [0, 0.1) is 5.92 Å². The van der Waals surface area contributed by atoms with Crippen LogP contribution in [0.1, 0.15) is 33.6 Å². The molecule has 0 saturated carbocycles. The zero-order chi connectivity index (χ0) is 11.8. The highest BCUT2D eigenvalue weighted by atomic mass is 16.6. The molecule has 0 aromatic carbocycles. The Bertz CT molecular complexity index is 272. The van der Waals surface area contributed by atoms with Gasteiger partial charge in [0.1, 0.15) is 5.60 Å². The number of carbonyl (C=O) groups excluding carboxylic acids is 1. The van der Waals surface area contributed by atoms with E-state index in [9.17, 15) is 4.79 Å². The number of amides is 1. The Balaban J connectivity index is 2.00. The van der Waals surface area contributed by atoms with Crippen molar-refractivity contribution in [3.05, 3.63) is 0 Å². The van der Waals surface area contributed by atoms with Crippen LogP contribution in [0.25, 0.3) is 0 Å². The summed E-state index contributed by atoms with van der Waals surface area (Å²) >= 11 is 0. The zero-order valence-corrected chi connectivity index (χ0v) is 10.4. The molecule has 0 radical (unpaired) electrons. The molecule has 0 N–H and O–H groups in total. The van der Waals surface area contributed by atoms with E-state index in [0.29, 0.717) is 12.5 Å². The summed E-state index contributed by atoms with van der Waals surface area (Å²) in [5, 5.41) is 0. The van der Waals surface area contributed by atoms with E-state index < -0.39 is 5.60 Å². The van der Waals surface area contributed by atoms with Crippen LogP contribution in [0.4, 0.5) is 4.79 Å². The lowest BCUT2D eigenvalue weighted by Gasteiger charge is -2.37. The van der Waals surface area contributed by atoms with Gasteiger partial charge in [-0.2, -0.15) is 0 Å². The SMILES string of the molecule is CC(C)(C)OC(=O)N1CCC[C@@H]2COC[C@H]21. The van der Waals surface area contributed by atoms with Crippen LogP contribution in [0.2, 0.25) is 0 Å². The average Bonchev–Trinajstić information content (AvgIpc) is 2.61. The van der Waals surface area contributed by atoms with Gasteiger partial charge < -0.3 is 14.4 Å². The summed E-state index contributed by atoms with van der Waals surface area (Å²) in [6.07, 6.45) is 2.04. The van der Waals surface area contributed by atoms with Crippen molar-refractivity contribution in [2.24, 2.45) is 5.92 Å². The van der Waals surface area contributed by atoms with Crippen LogP contribution >= 0.6 is 0 Å². The monoisotopic (exact) mass is 227 g/mol. The fourth-order valence-corrected chi connectivity index (χ4v) is 2.44. The fourth-order valence-electron chi connectivity index (χ4n) is 2.44. The lowest BCUT2D eigenvalue weighted by molar-refractivity contribution is 0.00533. The predicted molar refractivity (Wildman–Crippen MR) is 60.3 cm³/mol. The minimum atomic E-state index is -0.413. The van der Waals surface area contributed by atoms with Crippen LogP contribution in [0.3, 0.4) is 0 Å². The van der Waals surface area contributed by atoms with Gasteiger partial charge in [-0.1, -0.05) is 0 Å². The van der Waals surface area contributed by atoms with Crippen molar-refractivity contribution in [3.8, 4) is 0 Å². The van der Waals surface area contributed by atoms with Crippen molar-refractivity contribution in [1.29, 1.82) is 0 Å². The second-order valence-electron chi connectivity index (χ2n) is 5.68. The molecule has 2 saturated heterocycles. The summed E-state index contributed by atoms with van der Waals surface area (Å²) in [5.74, 6) is 0.515. The van der Waals surface area contributed by atoms with Crippen LogP contribution in [-0.4, -0.2) is 42.4 Å². The molecular formula is C12H21NO3. The Hall–Kier alpha value is -0.770. The third-order valence-electron chi connectivity index (χ3n) is 3.17. The first-order valence-electron chi connectivity index (χ1n) is 6.05. The first kappa shape index (κ1) is 11.7. The van der Waals surface area contributed by atoms with E-state index in [0.717, 1.165) is 19.6 Å². The van der Waals surface area contributed by atoms with Crippen molar-refractivity contribution in [2.75, 3.05) is 19.8 Å². The quantitative estimate of drug-likeness (QED) is 0.635. The van der Waals surface area contributed by atoms with Crippen molar-refractivity contribution in [1.82, 2.24) is 4.90 Å². The molecule has 2 aliphatic rings. The van der Waals surface area contributed by atoms with Crippen molar-refractivity contribution < 1.29 is 14.3 Å². The molecule has 0 aromatic heterocycles. The van der Waals surface area contributed by atoms with Gasteiger partial charge in [-0.25, -0.2) is 4.79 Å². The molecule has 1 amide bonds. The highest BCUT2D eigenvalue weighted by molar-refractivity contribution is 5.68. The molecule has 0 spiro atoms. The summed E-state index contributed by atoms with van der Waals surface area (Å²) in [6, 6.07) is 0.239. The Morgan fingerprint density at radius 3 is 2.81 bits per heavy atom. The number of hydrogen-bond acceptors (Lipinski definition) is 3. The van der Waals surface area contributed by atoms with Gasteiger partial charge in [0, 0.05) is 12.5 Å². The number of fused-ring (bicyclic) bond motifs is 1. The van der Waals surface area contributed by atoms with Crippen molar-refractivity contribution >= 4 is 6.09 Å². The second kappa shape index (κ2) is 4.24. The Kier molecular flexibility index (Phi) is 3.10. The smallest absolute Gasteiger partial charge is 0.410 e. The molecule has 92 valence electrons. The van der Waals surface area contributed by atoms with Gasteiger partial charge in [0.15, 0.2) is 0 Å². The van der Waals surface area contributed by atoms with Crippen LogP contribution in [0.5, 0.6) is 0 Å². The Labute approximate surface area is 96.9 Å². The summed E-state index contributed by atoms with van der Waals surface area (Å²) < 4.78 is 10.9. The van der Waals surface area contributed by atoms with E-state index in [-0.39, 0.29) is 12.1 Å². The molecule has 0 aliphatic carbocycles. The second-order valence-corrected chi connectivity index (χ2v) is 5.68. The topological polar surface area (TPSA) is 38.8 Å². The van der Waals surface area contributed by atoms with Crippen LogP contribution < -0.4 is 0 Å². The van der Waals surface area contributed by atoms with E-state index in [1.54, 1.807) is 0 Å². The summed E-state index contributed by atoms with van der Waals surface area (Å²) in [6.45, 7) is 7.97. The van der Waals surface area contributed by atoms with Gasteiger partial charge in [-0.05, 0) is 33.6 Å². The van der Waals surface area contributed by atoms with Gasteiger partial charge in [-0.15, -0.1) is 0 Å². The van der Waals surface area contributed by atoms with Gasteiger partial charge in [0.25, 0.3) is 0 Å². The maximum atomic E-state index is 12.0. The van der Waals surface area contributed by atoms with Gasteiger partial charge in [0.2, 0.25) is 0 Å². The first-order chi connectivity index (χ1) is 7.47. The van der Waals surface area contributed by atoms with E-state index in [1.807, 2.05) is 25.7 Å². The minimum Gasteiger partial charge on any atom is -0.444 e. The Morgan fingerprint density at radius 2 is 2.12 bits per heavy atom. The molecule has 0 bridgehead atoms. The minimum absolute atomic E-state index is 0.187. The number of piperidine rings is 1. The number of carbonyl (C=O) groups is 1. The van der Waals surface area contributed by atoms with Gasteiger partial charge >= 0.3 is 6.09 Å². The van der Waals surface area contributed by atoms with Crippen molar-refractivity contribution in [2.45, 2.75) is 45.3 Å². The largest absolute Gasteiger partial charge is 0.444 e. The van der Waals surface area contributed by atoms with Gasteiger partial charge in [0.05, 0.1) is 19.3 Å². The molecule has 0 aromatic rings. The van der Waals surface area contributed by atoms with E-state index >= 15 is 0 Å². The van der Waals surface area contributed by atoms with Crippen LogP contribution in [0.15, 0.2) is 0 Å². The molecular weight excluding hydrogens is 206 g/mol. The summed E-state index contributed by atoms with van der Waals surface area (Å²) in [5.41, 5.74) is -0.413. The molecule has 2 rings (SSSR count). The normalized spacial score (nSPS) is 30.1. The molecule has 4 heteroatoms. The van der Waals surface area contributed by atoms with E-state index in [2.05, 4.69) is 0 Å². The van der Waals surface area contributed by atoms with E-state index in [1.165, 1.54) is 6.42 Å². The highest BCUT2D eigenvalue weighted by Crippen LogP contribution is 2.29. The molecule has 16 heavy (non-hydrogen) atoms. The fraction of sp³-hybridized carbons (Fsp3) is 0.917. The predicted octanol–water partition coefficient (Wildman–Crippen LogP) is 2.03. The number of ether oxygens (including phenoxy) is 2. The van der Waals surface area contributed by atoms with E-state index in [4.69, 9.17) is 9.47 Å².